The zero-order valence-corrected chi connectivity index (χ0v) is 18.7. The maximum atomic E-state index is 12.9. The first kappa shape index (κ1) is 20.9. The molecular weight excluding hydrogens is 442 g/mol. The number of pyridine rings is 1. The van der Waals surface area contributed by atoms with Gasteiger partial charge in [0, 0.05) is 16.0 Å². The van der Waals surface area contributed by atoms with Crippen molar-refractivity contribution in [3.63, 3.8) is 0 Å². The van der Waals surface area contributed by atoms with Gasteiger partial charge in [0.05, 0.1) is 18.2 Å². The zero-order valence-electron chi connectivity index (χ0n) is 16.2. The maximum Gasteiger partial charge on any atom is 0.280 e. The molecule has 0 saturated heterocycles. The van der Waals surface area contributed by atoms with Crippen LogP contribution >= 0.6 is 22.7 Å². The van der Waals surface area contributed by atoms with Crippen molar-refractivity contribution in [3.8, 4) is 0 Å². The molecule has 1 aliphatic rings. The highest BCUT2D eigenvalue weighted by Gasteiger charge is 2.37. The minimum Gasteiger partial charge on any atom is -0.268 e. The fourth-order valence-electron chi connectivity index (χ4n) is 3.22. The van der Waals surface area contributed by atoms with Crippen LogP contribution in [-0.2, 0) is 16.6 Å². The molecular formula is C20H19N3O4S3. The number of thiophene rings is 2. The van der Waals surface area contributed by atoms with Crippen LogP contribution in [0.4, 0.5) is 0 Å². The molecule has 0 radical (unpaired) electrons. The summed E-state index contributed by atoms with van der Waals surface area (Å²) in [6, 6.07) is 9.78. The van der Waals surface area contributed by atoms with E-state index in [1.807, 2.05) is 31.4 Å². The number of amides is 2. The number of carbonyl (C=O) groups is 2. The van der Waals surface area contributed by atoms with Crippen LogP contribution in [0.1, 0.15) is 50.5 Å². The second-order valence-electron chi connectivity index (χ2n) is 7.18. The molecule has 1 aliphatic heterocycles. The molecule has 2 amide bonds. The smallest absolute Gasteiger partial charge is 0.268 e. The zero-order chi connectivity index (χ0) is 21.5. The van der Waals surface area contributed by atoms with Gasteiger partial charge in [0.1, 0.15) is 9.90 Å². The summed E-state index contributed by atoms with van der Waals surface area (Å²) in [7, 11) is -3.75. The Kier molecular flexibility index (Phi) is 5.58. The standard InChI is InChI=1S/C20H19N3O4S3/c1-12(2)17(15-6-4-10-28-15)22-30(26,27)16-8-7-13(29-16)11-23-19(24)14-5-3-9-21-18(14)20(23)25/h3-10,12,17,22H,11H2,1-2H3/t17-/m1/s1. The van der Waals surface area contributed by atoms with Crippen LogP contribution in [0.2, 0.25) is 0 Å². The van der Waals surface area contributed by atoms with Crippen LogP contribution < -0.4 is 4.72 Å². The first-order chi connectivity index (χ1) is 14.3. The Morgan fingerprint density at radius 1 is 1.10 bits per heavy atom. The molecule has 1 N–H and O–H groups in total. The third-order valence-electron chi connectivity index (χ3n) is 4.75. The number of hydrogen-bond acceptors (Lipinski definition) is 7. The maximum absolute atomic E-state index is 12.9. The predicted octanol–water partition coefficient (Wildman–Crippen LogP) is 3.68. The van der Waals surface area contributed by atoms with Gasteiger partial charge in [-0.05, 0) is 41.6 Å². The average molecular weight is 462 g/mol. The normalized spacial score (nSPS) is 15.1. The van der Waals surface area contributed by atoms with E-state index in [0.717, 1.165) is 21.1 Å². The summed E-state index contributed by atoms with van der Waals surface area (Å²) in [5, 5.41) is 1.92. The molecule has 4 heterocycles. The van der Waals surface area contributed by atoms with E-state index in [4.69, 9.17) is 0 Å². The van der Waals surface area contributed by atoms with Crippen molar-refractivity contribution in [2.45, 2.75) is 30.6 Å². The van der Waals surface area contributed by atoms with Crippen molar-refractivity contribution in [1.29, 1.82) is 0 Å². The Morgan fingerprint density at radius 3 is 2.57 bits per heavy atom. The Balaban J connectivity index is 1.53. The first-order valence-electron chi connectivity index (χ1n) is 9.23. The van der Waals surface area contributed by atoms with Crippen molar-refractivity contribution in [2.75, 3.05) is 0 Å². The lowest BCUT2D eigenvalue weighted by atomic mass is 10.0. The molecule has 7 nitrogen and oxygen atoms in total. The quantitative estimate of drug-likeness (QED) is 0.542. The molecule has 0 spiro atoms. The minimum absolute atomic E-state index is 0.00669. The van der Waals surface area contributed by atoms with Gasteiger partial charge in [0.2, 0.25) is 0 Å². The van der Waals surface area contributed by atoms with Gasteiger partial charge in [-0.15, -0.1) is 22.7 Å². The Hall–Kier alpha value is -2.40. The van der Waals surface area contributed by atoms with Gasteiger partial charge in [-0.3, -0.25) is 19.5 Å². The lowest BCUT2D eigenvalue weighted by Gasteiger charge is -2.20. The summed E-state index contributed by atoms with van der Waals surface area (Å²) in [6.07, 6.45) is 1.47. The summed E-state index contributed by atoms with van der Waals surface area (Å²) < 4.78 is 28.8. The number of imide groups is 1. The largest absolute Gasteiger partial charge is 0.280 e. The predicted molar refractivity (Wildman–Crippen MR) is 115 cm³/mol. The summed E-state index contributed by atoms with van der Waals surface area (Å²) in [4.78, 5) is 31.6. The minimum atomic E-state index is -3.75. The van der Waals surface area contributed by atoms with E-state index in [2.05, 4.69) is 9.71 Å². The SMILES string of the molecule is CC(C)[C@@H](NS(=O)(=O)c1ccc(CN2C(=O)c3cccnc3C2=O)s1)c1cccs1. The molecule has 4 rings (SSSR count). The van der Waals surface area contributed by atoms with Gasteiger partial charge in [-0.25, -0.2) is 13.1 Å². The van der Waals surface area contributed by atoms with Crippen molar-refractivity contribution in [2.24, 2.45) is 5.92 Å². The molecule has 0 saturated carbocycles. The first-order valence-corrected chi connectivity index (χ1v) is 12.4. The number of carbonyl (C=O) groups excluding carboxylic acids is 2. The Bertz CT molecular complexity index is 1160. The van der Waals surface area contributed by atoms with Crippen LogP contribution in [0.25, 0.3) is 0 Å². The number of nitrogens with zero attached hydrogens (tertiary/aromatic N) is 2. The van der Waals surface area contributed by atoms with Crippen LogP contribution in [0.3, 0.4) is 0 Å². The van der Waals surface area contributed by atoms with Gasteiger partial charge in [0.15, 0.2) is 0 Å². The van der Waals surface area contributed by atoms with Crippen molar-refractivity contribution < 1.29 is 18.0 Å². The van der Waals surface area contributed by atoms with Crippen LogP contribution in [-0.4, -0.2) is 30.1 Å². The average Bonchev–Trinajstić information content (AvgIpc) is 3.45. The highest BCUT2D eigenvalue weighted by Crippen LogP contribution is 2.31. The summed E-state index contributed by atoms with van der Waals surface area (Å²) in [5.41, 5.74) is 0.397. The van der Waals surface area contributed by atoms with Crippen LogP contribution in [0.15, 0.2) is 52.2 Å². The number of hydrogen-bond donors (Lipinski definition) is 1. The fourth-order valence-corrected chi connectivity index (χ4v) is 6.97. The molecule has 30 heavy (non-hydrogen) atoms. The van der Waals surface area contributed by atoms with E-state index in [1.54, 1.807) is 18.2 Å². The summed E-state index contributed by atoms with van der Waals surface area (Å²) in [6.45, 7) is 3.93. The number of aromatic nitrogens is 1. The number of rotatable bonds is 7. The van der Waals surface area contributed by atoms with Gasteiger partial charge < -0.3 is 0 Å². The van der Waals surface area contributed by atoms with E-state index < -0.39 is 21.8 Å². The Labute approximate surface area is 182 Å². The molecule has 0 unspecified atom stereocenters. The van der Waals surface area contributed by atoms with E-state index >= 15 is 0 Å². The van der Waals surface area contributed by atoms with Crippen molar-refractivity contribution in [1.82, 2.24) is 14.6 Å². The number of sulfonamides is 1. The fraction of sp³-hybridized carbons (Fsp3) is 0.250. The molecule has 3 aromatic heterocycles. The van der Waals surface area contributed by atoms with Gasteiger partial charge in [0.25, 0.3) is 21.8 Å². The van der Waals surface area contributed by atoms with Crippen LogP contribution in [0, 0.1) is 5.92 Å². The third kappa shape index (κ3) is 3.83. The lowest BCUT2D eigenvalue weighted by molar-refractivity contribution is 0.0642. The van der Waals surface area contributed by atoms with Crippen molar-refractivity contribution in [3.05, 3.63) is 69.0 Å². The Morgan fingerprint density at radius 2 is 1.90 bits per heavy atom. The summed E-state index contributed by atoms with van der Waals surface area (Å²) >= 11 is 2.55. The van der Waals surface area contributed by atoms with Gasteiger partial charge >= 0.3 is 0 Å². The number of fused-ring (bicyclic) bond motifs is 1. The highest BCUT2D eigenvalue weighted by atomic mass is 32.2. The highest BCUT2D eigenvalue weighted by molar-refractivity contribution is 7.91. The second kappa shape index (κ2) is 8.03. The molecule has 10 heteroatoms. The lowest BCUT2D eigenvalue weighted by Crippen LogP contribution is -2.30. The summed E-state index contributed by atoms with van der Waals surface area (Å²) in [5.74, 6) is -0.815. The van der Waals surface area contributed by atoms with Gasteiger partial charge in [-0.2, -0.15) is 0 Å². The van der Waals surface area contributed by atoms with Crippen LogP contribution in [0.5, 0.6) is 0 Å². The molecule has 0 aromatic carbocycles. The second-order valence-corrected chi connectivity index (χ2v) is 11.3. The van der Waals surface area contributed by atoms with Crippen molar-refractivity contribution >= 4 is 44.5 Å². The van der Waals surface area contributed by atoms with E-state index in [0.29, 0.717) is 4.88 Å². The van der Waals surface area contributed by atoms with E-state index in [-0.39, 0.29) is 34.0 Å². The molecule has 0 bridgehead atoms. The third-order valence-corrected chi connectivity index (χ3v) is 8.70. The molecule has 0 aliphatic carbocycles. The molecule has 0 fully saturated rings. The molecule has 156 valence electrons. The van der Waals surface area contributed by atoms with Gasteiger partial charge in [-0.1, -0.05) is 19.9 Å². The van der Waals surface area contributed by atoms with E-state index in [9.17, 15) is 18.0 Å². The molecule has 3 aromatic rings. The van der Waals surface area contributed by atoms with E-state index in [1.165, 1.54) is 23.6 Å². The monoisotopic (exact) mass is 461 g/mol. The molecule has 1 atom stereocenters. The topological polar surface area (TPSA) is 96.4 Å². The number of nitrogens with one attached hydrogen (secondary N) is 1.